The molecule has 0 aliphatic heterocycles. The molecule has 4 rings (SSSR count). The summed E-state index contributed by atoms with van der Waals surface area (Å²) in [7, 11) is 1.60. The van der Waals surface area contributed by atoms with Gasteiger partial charge in [0.05, 0.1) is 13.3 Å². The summed E-state index contributed by atoms with van der Waals surface area (Å²) in [5, 5.41) is 4.87. The molecule has 0 saturated heterocycles. The summed E-state index contributed by atoms with van der Waals surface area (Å²) in [4.78, 5) is 15.6. The average molecular weight is 399 g/mol. The van der Waals surface area contributed by atoms with Crippen LogP contribution in [0.25, 0.3) is 10.9 Å². The molecule has 0 aliphatic carbocycles. The van der Waals surface area contributed by atoms with Crippen molar-refractivity contribution in [3.63, 3.8) is 0 Å². The van der Waals surface area contributed by atoms with Gasteiger partial charge in [-0.05, 0) is 41.5 Å². The lowest BCUT2D eigenvalue weighted by Gasteiger charge is -2.07. The number of hydrogen-bond acceptors (Lipinski definition) is 4. The van der Waals surface area contributed by atoms with Gasteiger partial charge in [-0.3, -0.25) is 4.79 Å². The number of carbonyl (C=O) groups is 1. The Kier molecular flexibility index (Phi) is 5.75. The molecule has 0 aliphatic rings. The van der Waals surface area contributed by atoms with E-state index in [0.29, 0.717) is 18.1 Å². The minimum absolute atomic E-state index is 0.334. The standard InChI is InChI=1S/C24H21N3O3/c1-29-19-10-5-9-18(13-19)15-25-27-24(28)22-14-20-21(26-22)11-6-12-23(20)30-16-17-7-3-2-4-8-17/h2-15,26H,16H2,1H3,(H,27,28)/b25-15+. The molecule has 0 unspecified atom stereocenters. The Morgan fingerprint density at radius 2 is 1.87 bits per heavy atom. The minimum atomic E-state index is -0.334. The van der Waals surface area contributed by atoms with E-state index < -0.39 is 0 Å². The van der Waals surface area contributed by atoms with Gasteiger partial charge in [-0.25, -0.2) is 5.43 Å². The molecule has 0 spiro atoms. The molecular weight excluding hydrogens is 378 g/mol. The normalized spacial score (nSPS) is 11.0. The molecule has 30 heavy (non-hydrogen) atoms. The van der Waals surface area contributed by atoms with Crippen molar-refractivity contribution >= 4 is 23.0 Å². The zero-order chi connectivity index (χ0) is 20.8. The van der Waals surface area contributed by atoms with E-state index in [0.717, 1.165) is 27.8 Å². The Morgan fingerprint density at radius 1 is 1.03 bits per heavy atom. The number of rotatable bonds is 7. The van der Waals surface area contributed by atoms with Gasteiger partial charge in [-0.1, -0.05) is 48.5 Å². The van der Waals surface area contributed by atoms with Crippen molar-refractivity contribution in [2.45, 2.75) is 6.61 Å². The van der Waals surface area contributed by atoms with E-state index in [2.05, 4.69) is 15.5 Å². The number of benzene rings is 3. The Bertz CT molecular complexity index is 1180. The maximum absolute atomic E-state index is 12.5. The van der Waals surface area contributed by atoms with Gasteiger partial charge in [-0.2, -0.15) is 5.10 Å². The van der Waals surface area contributed by atoms with Crippen LogP contribution in [-0.2, 0) is 6.61 Å². The van der Waals surface area contributed by atoms with Crippen LogP contribution in [0.5, 0.6) is 11.5 Å². The van der Waals surface area contributed by atoms with Crippen LogP contribution in [-0.4, -0.2) is 24.2 Å². The summed E-state index contributed by atoms with van der Waals surface area (Å²) in [5.41, 5.74) is 5.67. The van der Waals surface area contributed by atoms with E-state index in [9.17, 15) is 4.79 Å². The fraction of sp³-hybridized carbons (Fsp3) is 0.0833. The number of hydrazone groups is 1. The molecule has 6 nitrogen and oxygen atoms in total. The first-order valence-electron chi connectivity index (χ1n) is 9.49. The van der Waals surface area contributed by atoms with Crippen LogP contribution in [0.2, 0.25) is 0 Å². The molecule has 1 heterocycles. The lowest BCUT2D eigenvalue weighted by atomic mass is 10.2. The summed E-state index contributed by atoms with van der Waals surface area (Å²) in [5.74, 6) is 1.11. The highest BCUT2D eigenvalue weighted by Crippen LogP contribution is 2.27. The van der Waals surface area contributed by atoms with Gasteiger partial charge in [0.2, 0.25) is 0 Å². The SMILES string of the molecule is COc1cccc(/C=N/NC(=O)c2cc3c(OCc4ccccc4)cccc3[nH]2)c1. The van der Waals surface area contributed by atoms with Gasteiger partial charge in [0.15, 0.2) is 0 Å². The maximum atomic E-state index is 12.5. The Balaban J connectivity index is 1.46. The van der Waals surface area contributed by atoms with Gasteiger partial charge in [0, 0.05) is 10.9 Å². The molecule has 0 fully saturated rings. The zero-order valence-electron chi connectivity index (χ0n) is 16.5. The molecule has 4 aromatic rings. The van der Waals surface area contributed by atoms with Crippen molar-refractivity contribution in [3.8, 4) is 11.5 Å². The monoisotopic (exact) mass is 399 g/mol. The van der Waals surface area contributed by atoms with Crippen LogP contribution in [0.3, 0.4) is 0 Å². The molecule has 0 atom stereocenters. The summed E-state index contributed by atoms with van der Waals surface area (Å²) in [6.45, 7) is 0.456. The first kappa shape index (κ1) is 19.3. The molecule has 0 saturated carbocycles. The molecule has 1 aromatic heterocycles. The van der Waals surface area contributed by atoms with E-state index in [4.69, 9.17) is 9.47 Å². The number of amides is 1. The van der Waals surface area contributed by atoms with Gasteiger partial charge < -0.3 is 14.5 Å². The second-order valence-electron chi connectivity index (χ2n) is 6.65. The van der Waals surface area contributed by atoms with E-state index in [1.165, 1.54) is 0 Å². The quantitative estimate of drug-likeness (QED) is 0.354. The molecule has 0 bridgehead atoms. The third kappa shape index (κ3) is 4.50. The summed E-state index contributed by atoms with van der Waals surface area (Å²) < 4.78 is 11.1. The predicted octanol–water partition coefficient (Wildman–Crippen LogP) is 4.52. The smallest absolute Gasteiger partial charge is 0.287 e. The van der Waals surface area contributed by atoms with Crippen molar-refractivity contribution in [1.29, 1.82) is 0 Å². The van der Waals surface area contributed by atoms with Gasteiger partial charge >= 0.3 is 0 Å². The first-order valence-corrected chi connectivity index (χ1v) is 9.49. The fourth-order valence-corrected chi connectivity index (χ4v) is 3.06. The first-order chi connectivity index (χ1) is 14.7. The zero-order valence-corrected chi connectivity index (χ0v) is 16.5. The maximum Gasteiger partial charge on any atom is 0.287 e. The predicted molar refractivity (Wildman–Crippen MR) is 117 cm³/mol. The summed E-state index contributed by atoms with van der Waals surface area (Å²) in [6.07, 6.45) is 1.57. The lowest BCUT2D eigenvalue weighted by Crippen LogP contribution is -2.17. The highest BCUT2D eigenvalue weighted by Gasteiger charge is 2.12. The van der Waals surface area contributed by atoms with Gasteiger partial charge in [-0.15, -0.1) is 0 Å². The van der Waals surface area contributed by atoms with Crippen molar-refractivity contribution < 1.29 is 14.3 Å². The van der Waals surface area contributed by atoms with E-state index >= 15 is 0 Å². The van der Waals surface area contributed by atoms with Gasteiger partial charge in [0.1, 0.15) is 23.8 Å². The van der Waals surface area contributed by atoms with Crippen LogP contribution in [0.4, 0.5) is 0 Å². The topological polar surface area (TPSA) is 75.7 Å². The third-order valence-electron chi connectivity index (χ3n) is 4.58. The minimum Gasteiger partial charge on any atom is -0.497 e. The number of methoxy groups -OCH3 is 1. The molecule has 150 valence electrons. The van der Waals surface area contributed by atoms with Crippen LogP contribution in [0.15, 0.2) is 84.0 Å². The number of nitrogens with zero attached hydrogens (tertiary/aromatic N) is 1. The Hall–Kier alpha value is -4.06. The molecule has 0 radical (unpaired) electrons. The van der Waals surface area contributed by atoms with E-state index in [1.54, 1.807) is 19.4 Å². The third-order valence-corrected chi connectivity index (χ3v) is 4.58. The van der Waals surface area contributed by atoms with Crippen molar-refractivity contribution in [3.05, 3.63) is 95.7 Å². The van der Waals surface area contributed by atoms with Crippen molar-refractivity contribution in [2.24, 2.45) is 5.10 Å². The highest BCUT2D eigenvalue weighted by molar-refractivity contribution is 6.00. The van der Waals surface area contributed by atoms with Crippen LogP contribution in [0, 0.1) is 0 Å². The summed E-state index contributed by atoms with van der Waals surface area (Å²) >= 11 is 0. The average Bonchev–Trinajstić information content (AvgIpc) is 3.24. The number of H-pyrrole nitrogens is 1. The largest absolute Gasteiger partial charge is 0.497 e. The number of fused-ring (bicyclic) bond motifs is 1. The van der Waals surface area contributed by atoms with Gasteiger partial charge in [0.25, 0.3) is 5.91 Å². The molecule has 1 amide bonds. The van der Waals surface area contributed by atoms with Crippen molar-refractivity contribution in [2.75, 3.05) is 7.11 Å². The number of aromatic nitrogens is 1. The summed E-state index contributed by atoms with van der Waals surface area (Å²) in [6, 6.07) is 24.8. The number of carbonyl (C=O) groups excluding carboxylic acids is 1. The van der Waals surface area contributed by atoms with Crippen LogP contribution in [0.1, 0.15) is 21.6 Å². The molecular formula is C24H21N3O3. The van der Waals surface area contributed by atoms with E-state index in [1.807, 2.05) is 72.8 Å². The lowest BCUT2D eigenvalue weighted by molar-refractivity contribution is 0.0951. The molecule has 6 heteroatoms. The second-order valence-corrected chi connectivity index (χ2v) is 6.65. The second kappa shape index (κ2) is 8.96. The number of hydrogen-bond donors (Lipinski definition) is 2. The highest BCUT2D eigenvalue weighted by atomic mass is 16.5. The van der Waals surface area contributed by atoms with Crippen LogP contribution < -0.4 is 14.9 Å². The fourth-order valence-electron chi connectivity index (χ4n) is 3.06. The number of aromatic amines is 1. The van der Waals surface area contributed by atoms with Crippen LogP contribution >= 0.6 is 0 Å². The van der Waals surface area contributed by atoms with Crippen molar-refractivity contribution in [1.82, 2.24) is 10.4 Å². The number of nitrogens with one attached hydrogen (secondary N) is 2. The Morgan fingerprint density at radius 3 is 2.70 bits per heavy atom. The Labute approximate surface area is 174 Å². The number of ether oxygens (including phenoxy) is 2. The molecule has 2 N–H and O–H groups in total. The molecule has 3 aromatic carbocycles. The van der Waals surface area contributed by atoms with E-state index in [-0.39, 0.29) is 5.91 Å².